The van der Waals surface area contributed by atoms with E-state index in [1.54, 1.807) is 18.4 Å². The van der Waals surface area contributed by atoms with Gasteiger partial charge in [0.1, 0.15) is 0 Å². The van der Waals surface area contributed by atoms with Crippen molar-refractivity contribution in [3.05, 3.63) is 15.6 Å². The van der Waals surface area contributed by atoms with E-state index in [-0.39, 0.29) is 0 Å². The Labute approximate surface area is 150 Å². The molecule has 0 saturated heterocycles. The molecule has 0 spiro atoms. The van der Waals surface area contributed by atoms with Crippen LogP contribution in [0.1, 0.15) is 35.8 Å². The summed E-state index contributed by atoms with van der Waals surface area (Å²) < 4.78 is 10.4. The van der Waals surface area contributed by atoms with Gasteiger partial charge in [-0.15, -0.1) is 11.3 Å². The van der Waals surface area contributed by atoms with Gasteiger partial charge in [0.25, 0.3) is 0 Å². The average molecular weight is 357 g/mol. The van der Waals surface area contributed by atoms with Gasteiger partial charge in [0, 0.05) is 44.6 Å². The van der Waals surface area contributed by atoms with E-state index in [1.807, 2.05) is 0 Å². The lowest BCUT2D eigenvalue weighted by Gasteiger charge is -2.10. The highest BCUT2D eigenvalue weighted by Gasteiger charge is 2.06. The lowest BCUT2D eigenvalue weighted by Crippen LogP contribution is -2.38. The van der Waals surface area contributed by atoms with E-state index in [1.165, 1.54) is 15.6 Å². The van der Waals surface area contributed by atoms with Gasteiger partial charge in [-0.1, -0.05) is 6.92 Å². The smallest absolute Gasteiger partial charge is 0.191 e. The number of rotatable bonds is 12. The molecule has 24 heavy (non-hydrogen) atoms. The third-order valence-corrected chi connectivity index (χ3v) is 4.47. The molecule has 0 aromatic carbocycles. The number of methoxy groups -OCH3 is 1. The number of guanidine groups is 1. The molecule has 138 valence electrons. The lowest BCUT2D eigenvalue weighted by atomic mass is 10.3. The third-order valence-electron chi connectivity index (χ3n) is 3.40. The fourth-order valence-electron chi connectivity index (χ4n) is 2.15. The van der Waals surface area contributed by atoms with Crippen LogP contribution in [0.2, 0.25) is 0 Å². The maximum Gasteiger partial charge on any atom is 0.191 e. The van der Waals surface area contributed by atoms with Crippen LogP contribution in [0.3, 0.4) is 0 Å². The second-order valence-electron chi connectivity index (χ2n) is 5.36. The molecule has 0 radical (unpaired) electrons. The van der Waals surface area contributed by atoms with Gasteiger partial charge < -0.3 is 20.1 Å². The fourth-order valence-corrected chi connectivity index (χ4v) is 3.18. The second kappa shape index (κ2) is 13.1. The first-order chi connectivity index (χ1) is 11.7. The van der Waals surface area contributed by atoms with Crippen LogP contribution in [0, 0.1) is 6.92 Å². The number of aliphatic imine (C=N–C) groups is 1. The van der Waals surface area contributed by atoms with Crippen molar-refractivity contribution in [1.82, 2.24) is 15.6 Å². The van der Waals surface area contributed by atoms with Crippen LogP contribution in [0.5, 0.6) is 0 Å². The highest BCUT2D eigenvalue weighted by Crippen LogP contribution is 2.17. The van der Waals surface area contributed by atoms with Gasteiger partial charge in [-0.25, -0.2) is 4.98 Å². The molecule has 0 saturated carbocycles. The number of nitrogens with zero attached hydrogens (tertiary/aromatic N) is 2. The van der Waals surface area contributed by atoms with Crippen LogP contribution < -0.4 is 10.6 Å². The number of aryl methyl sites for hydroxylation is 2. The Bertz CT molecular complexity index is 477. The first-order valence-electron chi connectivity index (χ1n) is 8.75. The lowest BCUT2D eigenvalue weighted by molar-refractivity contribution is 0.0702. The van der Waals surface area contributed by atoms with E-state index in [2.05, 4.69) is 41.4 Å². The van der Waals surface area contributed by atoms with Crippen molar-refractivity contribution in [2.24, 2.45) is 4.99 Å². The van der Waals surface area contributed by atoms with Crippen molar-refractivity contribution in [3.8, 4) is 0 Å². The molecular weight excluding hydrogens is 324 g/mol. The summed E-state index contributed by atoms with van der Waals surface area (Å²) in [5.41, 5.74) is 1.23. The average Bonchev–Trinajstić information content (AvgIpc) is 2.93. The summed E-state index contributed by atoms with van der Waals surface area (Å²) in [6.45, 7) is 10.8. The first-order valence-corrected chi connectivity index (χ1v) is 9.56. The van der Waals surface area contributed by atoms with Crippen LogP contribution >= 0.6 is 11.3 Å². The van der Waals surface area contributed by atoms with Crippen molar-refractivity contribution in [1.29, 1.82) is 0 Å². The van der Waals surface area contributed by atoms with E-state index in [0.717, 1.165) is 44.9 Å². The molecule has 0 aliphatic heterocycles. The van der Waals surface area contributed by atoms with Crippen molar-refractivity contribution >= 4 is 17.3 Å². The Kier molecular flexibility index (Phi) is 11.4. The zero-order chi connectivity index (χ0) is 17.6. The summed E-state index contributed by atoms with van der Waals surface area (Å²) >= 11 is 1.80. The number of hydrogen-bond donors (Lipinski definition) is 2. The van der Waals surface area contributed by atoms with E-state index >= 15 is 0 Å². The summed E-state index contributed by atoms with van der Waals surface area (Å²) in [7, 11) is 1.68. The molecule has 0 atom stereocenters. The predicted molar refractivity (Wildman–Crippen MR) is 101 cm³/mol. The largest absolute Gasteiger partial charge is 0.382 e. The number of thiazole rings is 1. The van der Waals surface area contributed by atoms with Gasteiger partial charge in [0.15, 0.2) is 5.96 Å². The van der Waals surface area contributed by atoms with E-state index in [0.29, 0.717) is 19.8 Å². The van der Waals surface area contributed by atoms with E-state index < -0.39 is 0 Å². The van der Waals surface area contributed by atoms with Gasteiger partial charge in [0.05, 0.1) is 23.9 Å². The molecule has 0 bridgehead atoms. The van der Waals surface area contributed by atoms with Crippen LogP contribution in [-0.2, 0) is 22.3 Å². The van der Waals surface area contributed by atoms with Crippen molar-refractivity contribution in [3.63, 3.8) is 0 Å². The van der Waals surface area contributed by atoms with Crippen LogP contribution in [0.4, 0.5) is 0 Å². The maximum absolute atomic E-state index is 5.44. The Hall–Kier alpha value is -1.18. The maximum atomic E-state index is 5.44. The third kappa shape index (κ3) is 8.61. The van der Waals surface area contributed by atoms with Crippen LogP contribution in [0.15, 0.2) is 4.99 Å². The summed E-state index contributed by atoms with van der Waals surface area (Å²) in [4.78, 5) is 10.6. The molecule has 1 aromatic rings. The SMILES string of the molecule is CCNC(=NCCCOCCOC)NCCc1nc(CC)c(C)s1. The molecule has 1 aromatic heterocycles. The van der Waals surface area contributed by atoms with Gasteiger partial charge in [-0.2, -0.15) is 0 Å². The van der Waals surface area contributed by atoms with Crippen molar-refractivity contribution in [2.75, 3.05) is 46.6 Å². The minimum absolute atomic E-state index is 0.642. The minimum Gasteiger partial charge on any atom is -0.382 e. The number of hydrogen-bond acceptors (Lipinski definition) is 5. The Morgan fingerprint density at radius 1 is 1.21 bits per heavy atom. The molecule has 0 fully saturated rings. The number of ether oxygens (including phenoxy) is 2. The molecule has 2 N–H and O–H groups in total. The molecular formula is C17H32N4O2S. The molecule has 0 aliphatic rings. The summed E-state index contributed by atoms with van der Waals surface area (Å²) in [6.07, 6.45) is 2.84. The summed E-state index contributed by atoms with van der Waals surface area (Å²) in [6, 6.07) is 0. The van der Waals surface area contributed by atoms with E-state index in [4.69, 9.17) is 9.47 Å². The van der Waals surface area contributed by atoms with Crippen LogP contribution in [-0.4, -0.2) is 57.5 Å². The van der Waals surface area contributed by atoms with Gasteiger partial charge in [0.2, 0.25) is 0 Å². The van der Waals surface area contributed by atoms with E-state index in [9.17, 15) is 0 Å². The van der Waals surface area contributed by atoms with Crippen LogP contribution in [0.25, 0.3) is 0 Å². The number of aromatic nitrogens is 1. The topological polar surface area (TPSA) is 67.8 Å². The first kappa shape index (κ1) is 20.9. The second-order valence-corrected chi connectivity index (χ2v) is 6.65. The standard InChI is InChI=1S/C17H32N4O2S/c1-5-15-14(3)24-16(21-15)8-10-20-17(18-6-2)19-9-7-11-23-13-12-22-4/h5-13H2,1-4H3,(H2,18,19,20). The van der Waals surface area contributed by atoms with Gasteiger partial charge >= 0.3 is 0 Å². The Morgan fingerprint density at radius 3 is 2.71 bits per heavy atom. The van der Waals surface area contributed by atoms with Crippen molar-refractivity contribution < 1.29 is 9.47 Å². The number of nitrogens with one attached hydrogen (secondary N) is 2. The minimum atomic E-state index is 0.642. The molecule has 0 unspecified atom stereocenters. The van der Waals surface area contributed by atoms with Crippen molar-refractivity contribution in [2.45, 2.75) is 40.0 Å². The molecule has 0 amide bonds. The highest BCUT2D eigenvalue weighted by atomic mass is 32.1. The highest BCUT2D eigenvalue weighted by molar-refractivity contribution is 7.11. The Morgan fingerprint density at radius 2 is 2.04 bits per heavy atom. The summed E-state index contributed by atoms with van der Waals surface area (Å²) in [5.74, 6) is 0.860. The molecule has 1 rings (SSSR count). The quantitative estimate of drug-likeness (QED) is 0.341. The van der Waals surface area contributed by atoms with Gasteiger partial charge in [-0.3, -0.25) is 4.99 Å². The predicted octanol–water partition coefficient (Wildman–Crippen LogP) is 2.16. The molecule has 6 nitrogen and oxygen atoms in total. The fraction of sp³-hybridized carbons (Fsp3) is 0.765. The van der Waals surface area contributed by atoms with Gasteiger partial charge in [-0.05, 0) is 26.7 Å². The molecule has 0 aliphatic carbocycles. The monoisotopic (exact) mass is 356 g/mol. The molecule has 1 heterocycles. The zero-order valence-electron chi connectivity index (χ0n) is 15.5. The zero-order valence-corrected chi connectivity index (χ0v) is 16.3. The normalized spacial score (nSPS) is 11.8. The summed E-state index contributed by atoms with van der Waals surface area (Å²) in [5, 5.41) is 7.83. The molecule has 7 heteroatoms. The Balaban J connectivity index is 2.27.